The Morgan fingerprint density at radius 2 is 2.33 bits per heavy atom. The molecule has 0 amide bonds. The molecule has 1 aliphatic rings. The van der Waals surface area contributed by atoms with Crippen molar-refractivity contribution in [2.45, 2.75) is 43.8 Å². The fourth-order valence-corrected chi connectivity index (χ4v) is 2.71. The summed E-state index contributed by atoms with van der Waals surface area (Å²) < 4.78 is 7.56. The van der Waals surface area contributed by atoms with Crippen LogP contribution in [0.25, 0.3) is 0 Å². The predicted octanol–water partition coefficient (Wildman–Crippen LogP) is 1.93. The van der Waals surface area contributed by atoms with E-state index >= 15 is 0 Å². The van der Waals surface area contributed by atoms with Gasteiger partial charge in [-0.2, -0.15) is 0 Å². The van der Waals surface area contributed by atoms with Gasteiger partial charge in [-0.15, -0.1) is 10.2 Å². The zero-order valence-electron chi connectivity index (χ0n) is 11.7. The molecule has 2 heterocycles. The molecule has 0 bridgehead atoms. The van der Waals surface area contributed by atoms with Crippen molar-refractivity contribution in [1.82, 2.24) is 19.7 Å². The molecule has 0 atom stereocenters. The number of rotatable bonds is 7. The van der Waals surface area contributed by atoms with Crippen LogP contribution in [-0.2, 0) is 17.8 Å². The van der Waals surface area contributed by atoms with Crippen LogP contribution in [0.1, 0.15) is 43.2 Å². The Kier molecular flexibility index (Phi) is 3.96. The van der Waals surface area contributed by atoms with Crippen LogP contribution in [-0.4, -0.2) is 36.6 Å². The fraction of sp³-hybridized carbons (Fsp3) is 0.538. The number of thioether (sulfide) groups is 1. The minimum atomic E-state index is -0.869. The maximum atomic E-state index is 10.7. The van der Waals surface area contributed by atoms with Crippen LogP contribution in [0.5, 0.6) is 0 Å². The summed E-state index contributed by atoms with van der Waals surface area (Å²) in [4.78, 5) is 15.0. The van der Waals surface area contributed by atoms with Gasteiger partial charge in [-0.05, 0) is 12.8 Å². The van der Waals surface area contributed by atoms with E-state index in [0.717, 1.165) is 30.8 Å². The highest BCUT2D eigenvalue weighted by Gasteiger charge is 2.31. The molecule has 2 aromatic rings. The second-order valence-electron chi connectivity index (χ2n) is 4.96. The normalized spacial score (nSPS) is 14.5. The van der Waals surface area contributed by atoms with Crippen molar-refractivity contribution < 1.29 is 14.3 Å². The van der Waals surface area contributed by atoms with Crippen molar-refractivity contribution in [3.8, 4) is 0 Å². The Hall–Kier alpha value is -1.83. The molecular formula is C13H16N4O3S. The third-order valence-electron chi connectivity index (χ3n) is 3.26. The second kappa shape index (κ2) is 5.88. The van der Waals surface area contributed by atoms with Gasteiger partial charge in [-0.3, -0.25) is 9.36 Å². The van der Waals surface area contributed by atoms with Crippen LogP contribution in [0.15, 0.2) is 15.8 Å². The van der Waals surface area contributed by atoms with Crippen molar-refractivity contribution in [3.05, 3.63) is 23.7 Å². The molecule has 2 aromatic heterocycles. The molecule has 21 heavy (non-hydrogen) atoms. The van der Waals surface area contributed by atoms with E-state index < -0.39 is 5.97 Å². The lowest BCUT2D eigenvalue weighted by atomic mass is 10.4. The number of aromatic nitrogens is 4. The third kappa shape index (κ3) is 3.26. The lowest BCUT2D eigenvalue weighted by Crippen LogP contribution is -2.07. The highest BCUT2D eigenvalue weighted by atomic mass is 32.2. The summed E-state index contributed by atoms with van der Waals surface area (Å²) in [5, 5.41) is 17.7. The van der Waals surface area contributed by atoms with Gasteiger partial charge >= 0.3 is 5.97 Å². The van der Waals surface area contributed by atoms with Gasteiger partial charge in [0.2, 0.25) is 5.89 Å². The number of carboxylic acids is 1. The second-order valence-corrected chi connectivity index (χ2v) is 5.90. The molecule has 1 saturated carbocycles. The molecule has 1 N–H and O–H groups in total. The SMILES string of the molecule is CCc1cnc(Cn2c(SCC(=O)O)nnc2C2CC2)o1. The number of carboxylic acid groups (broad SMARTS) is 1. The van der Waals surface area contributed by atoms with Gasteiger partial charge in [-0.1, -0.05) is 18.7 Å². The molecule has 3 rings (SSSR count). The molecule has 0 aromatic carbocycles. The molecule has 112 valence electrons. The predicted molar refractivity (Wildman–Crippen MR) is 75.3 cm³/mol. The zero-order chi connectivity index (χ0) is 14.8. The van der Waals surface area contributed by atoms with Gasteiger partial charge in [0.25, 0.3) is 0 Å². The van der Waals surface area contributed by atoms with E-state index in [0.29, 0.717) is 23.5 Å². The summed E-state index contributed by atoms with van der Waals surface area (Å²) >= 11 is 1.17. The lowest BCUT2D eigenvalue weighted by molar-refractivity contribution is -0.133. The molecule has 0 unspecified atom stereocenters. The van der Waals surface area contributed by atoms with E-state index in [1.807, 2.05) is 11.5 Å². The van der Waals surface area contributed by atoms with Gasteiger partial charge in [0.15, 0.2) is 5.16 Å². The Morgan fingerprint density at radius 3 is 2.95 bits per heavy atom. The third-order valence-corrected chi connectivity index (χ3v) is 4.21. The van der Waals surface area contributed by atoms with E-state index in [-0.39, 0.29) is 5.75 Å². The number of hydrogen-bond donors (Lipinski definition) is 1. The van der Waals surface area contributed by atoms with Crippen LogP contribution in [0.2, 0.25) is 0 Å². The standard InChI is InChI=1S/C13H16N4O3S/c1-2-9-5-14-10(20-9)6-17-12(8-3-4-8)15-16-13(17)21-7-11(18)19/h5,8H,2-4,6-7H2,1H3,(H,18,19). The fourth-order valence-electron chi connectivity index (χ4n) is 2.05. The van der Waals surface area contributed by atoms with Crippen molar-refractivity contribution in [1.29, 1.82) is 0 Å². The minimum Gasteiger partial charge on any atom is -0.481 e. The van der Waals surface area contributed by atoms with E-state index in [4.69, 9.17) is 9.52 Å². The molecule has 1 aliphatic carbocycles. The number of nitrogens with zero attached hydrogens (tertiary/aromatic N) is 4. The summed E-state index contributed by atoms with van der Waals surface area (Å²) in [5.74, 6) is 1.87. The summed E-state index contributed by atoms with van der Waals surface area (Å²) in [6.45, 7) is 2.45. The quantitative estimate of drug-likeness (QED) is 0.781. The van der Waals surface area contributed by atoms with Crippen LogP contribution in [0, 0.1) is 0 Å². The average Bonchev–Trinajstić information content (AvgIpc) is 3.07. The first-order valence-corrected chi connectivity index (χ1v) is 7.87. The van der Waals surface area contributed by atoms with E-state index in [1.165, 1.54) is 11.8 Å². The van der Waals surface area contributed by atoms with Gasteiger partial charge in [0.05, 0.1) is 11.9 Å². The average molecular weight is 308 g/mol. The maximum absolute atomic E-state index is 10.7. The highest BCUT2D eigenvalue weighted by Crippen LogP contribution is 2.40. The van der Waals surface area contributed by atoms with Crippen LogP contribution in [0.3, 0.4) is 0 Å². The number of aryl methyl sites for hydroxylation is 1. The number of carbonyl (C=O) groups is 1. The maximum Gasteiger partial charge on any atom is 0.313 e. The molecule has 0 radical (unpaired) electrons. The van der Waals surface area contributed by atoms with Gasteiger partial charge in [-0.25, -0.2) is 4.98 Å². The molecule has 1 fully saturated rings. The van der Waals surface area contributed by atoms with Crippen molar-refractivity contribution in [2.24, 2.45) is 0 Å². The van der Waals surface area contributed by atoms with Crippen LogP contribution < -0.4 is 0 Å². The van der Waals surface area contributed by atoms with Gasteiger partial charge < -0.3 is 9.52 Å². The Labute approximate surface area is 125 Å². The smallest absolute Gasteiger partial charge is 0.313 e. The van der Waals surface area contributed by atoms with Gasteiger partial charge in [0.1, 0.15) is 18.1 Å². The summed E-state index contributed by atoms with van der Waals surface area (Å²) in [6.07, 6.45) is 4.73. The Balaban J connectivity index is 1.83. The molecule has 0 aliphatic heterocycles. The number of hydrogen-bond acceptors (Lipinski definition) is 6. The van der Waals surface area contributed by atoms with Crippen LogP contribution >= 0.6 is 11.8 Å². The van der Waals surface area contributed by atoms with Gasteiger partial charge in [0, 0.05) is 12.3 Å². The Bertz CT molecular complexity index is 648. The summed E-state index contributed by atoms with van der Waals surface area (Å²) in [7, 11) is 0. The number of oxazole rings is 1. The first-order chi connectivity index (χ1) is 10.2. The molecular weight excluding hydrogens is 292 g/mol. The lowest BCUT2D eigenvalue weighted by Gasteiger charge is -2.06. The highest BCUT2D eigenvalue weighted by molar-refractivity contribution is 7.99. The monoisotopic (exact) mass is 308 g/mol. The van der Waals surface area contributed by atoms with E-state index in [9.17, 15) is 4.79 Å². The van der Waals surface area contributed by atoms with Crippen molar-refractivity contribution >= 4 is 17.7 Å². The summed E-state index contributed by atoms with van der Waals surface area (Å²) in [6, 6.07) is 0. The van der Waals surface area contributed by atoms with Crippen molar-refractivity contribution in [3.63, 3.8) is 0 Å². The van der Waals surface area contributed by atoms with E-state index in [1.54, 1.807) is 6.20 Å². The van der Waals surface area contributed by atoms with Crippen molar-refractivity contribution in [2.75, 3.05) is 5.75 Å². The molecule has 0 saturated heterocycles. The Morgan fingerprint density at radius 1 is 1.52 bits per heavy atom. The first-order valence-electron chi connectivity index (χ1n) is 6.88. The number of aliphatic carboxylic acids is 1. The van der Waals surface area contributed by atoms with Crippen LogP contribution in [0.4, 0.5) is 0 Å². The molecule has 8 heteroatoms. The first kappa shape index (κ1) is 14.1. The zero-order valence-corrected chi connectivity index (χ0v) is 12.5. The largest absolute Gasteiger partial charge is 0.481 e. The van der Waals surface area contributed by atoms with E-state index in [2.05, 4.69) is 15.2 Å². The summed E-state index contributed by atoms with van der Waals surface area (Å²) in [5.41, 5.74) is 0. The topological polar surface area (TPSA) is 94.0 Å². The molecule has 7 nitrogen and oxygen atoms in total. The molecule has 0 spiro atoms. The minimum absolute atomic E-state index is 0.0331.